The van der Waals surface area contributed by atoms with E-state index in [2.05, 4.69) is 6.92 Å². The average Bonchev–Trinajstić information content (AvgIpc) is 2.47. The lowest BCUT2D eigenvalue weighted by Crippen LogP contribution is -2.51. The van der Waals surface area contributed by atoms with Crippen molar-refractivity contribution in [2.75, 3.05) is 6.61 Å². The Balaban J connectivity index is 2.24. The maximum Gasteiger partial charge on any atom is 0.541 e. The molecule has 0 bridgehead atoms. The average molecular weight is 293 g/mol. The summed E-state index contributed by atoms with van der Waals surface area (Å²) in [7, 11) is -2.92. The molecule has 100 valence electrons. The maximum atomic E-state index is 6.67. The molecule has 0 fully saturated rings. The molecule has 0 heterocycles. The number of para-hydroxylation sites is 1. The van der Waals surface area contributed by atoms with Gasteiger partial charge in [0.1, 0.15) is 5.75 Å². The second-order valence-electron chi connectivity index (χ2n) is 4.17. The van der Waals surface area contributed by atoms with E-state index in [9.17, 15) is 0 Å². The molecule has 0 spiro atoms. The molecule has 2 aromatic carbocycles. The van der Waals surface area contributed by atoms with E-state index >= 15 is 0 Å². The number of hydrogen-bond acceptors (Lipinski definition) is 2. The van der Waals surface area contributed by atoms with E-state index in [-0.39, 0.29) is 0 Å². The van der Waals surface area contributed by atoms with Crippen LogP contribution in [0, 0.1) is 0 Å². The molecule has 1 atom stereocenters. The number of halogens is 1. The van der Waals surface area contributed by atoms with Crippen molar-refractivity contribution in [3.8, 4) is 5.75 Å². The van der Waals surface area contributed by atoms with E-state index in [4.69, 9.17) is 19.9 Å². The van der Waals surface area contributed by atoms with E-state index in [1.165, 1.54) is 0 Å². The molecule has 0 N–H and O–H groups in total. The van der Waals surface area contributed by atoms with Crippen LogP contribution in [0.5, 0.6) is 5.75 Å². The van der Waals surface area contributed by atoms with Crippen LogP contribution >= 0.6 is 11.1 Å². The molecule has 0 saturated heterocycles. The van der Waals surface area contributed by atoms with Crippen LogP contribution in [0.3, 0.4) is 0 Å². The van der Waals surface area contributed by atoms with Crippen molar-refractivity contribution in [1.82, 2.24) is 0 Å². The molecule has 4 heteroatoms. The van der Waals surface area contributed by atoms with Crippen LogP contribution < -0.4 is 9.61 Å². The van der Waals surface area contributed by atoms with E-state index < -0.39 is 7.87 Å². The minimum atomic E-state index is -2.92. The molecule has 0 aliphatic rings. The van der Waals surface area contributed by atoms with Crippen LogP contribution in [0.2, 0.25) is 0 Å². The molecule has 2 rings (SSSR count). The van der Waals surface area contributed by atoms with Crippen molar-refractivity contribution in [3.05, 3.63) is 60.7 Å². The normalized spacial score (nSPS) is 13.8. The zero-order chi connectivity index (χ0) is 13.6. The highest BCUT2D eigenvalue weighted by atomic mass is 35.6. The zero-order valence-corrected chi connectivity index (χ0v) is 12.6. The molecule has 0 aliphatic heterocycles. The minimum Gasteiger partial charge on any atom is -0.507 e. The summed E-state index contributed by atoms with van der Waals surface area (Å²) in [5.74, 6) is 0.740. The predicted molar refractivity (Wildman–Crippen MR) is 81.0 cm³/mol. The van der Waals surface area contributed by atoms with Gasteiger partial charge in [0, 0.05) is 11.8 Å². The molecular weight excluding hydrogens is 276 g/mol. The van der Waals surface area contributed by atoms with Gasteiger partial charge in [-0.25, -0.2) is 0 Å². The summed E-state index contributed by atoms with van der Waals surface area (Å²) >= 11 is 6.67. The summed E-state index contributed by atoms with van der Waals surface area (Å²) in [4.78, 5) is 0. The van der Waals surface area contributed by atoms with Gasteiger partial charge in [-0.05, 0) is 18.6 Å². The van der Waals surface area contributed by atoms with Gasteiger partial charge in [-0.1, -0.05) is 66.5 Å². The smallest absolute Gasteiger partial charge is 0.507 e. The van der Waals surface area contributed by atoms with Crippen LogP contribution in [-0.2, 0) is 4.43 Å². The minimum absolute atomic E-state index is 0.595. The second-order valence-corrected chi connectivity index (χ2v) is 7.80. The van der Waals surface area contributed by atoms with Crippen LogP contribution in [0.25, 0.3) is 0 Å². The van der Waals surface area contributed by atoms with Gasteiger partial charge in [0.2, 0.25) is 0 Å². The van der Waals surface area contributed by atoms with Crippen molar-refractivity contribution >= 4 is 24.1 Å². The molecular formula is C15H17ClO2Si. The van der Waals surface area contributed by atoms with Gasteiger partial charge in [-0.3, -0.25) is 0 Å². The third-order valence-electron chi connectivity index (χ3n) is 2.60. The van der Waals surface area contributed by atoms with Crippen molar-refractivity contribution in [3.63, 3.8) is 0 Å². The Morgan fingerprint density at radius 2 is 1.53 bits per heavy atom. The third-order valence-corrected chi connectivity index (χ3v) is 5.91. The van der Waals surface area contributed by atoms with Crippen molar-refractivity contribution < 1.29 is 8.85 Å². The Morgan fingerprint density at radius 3 is 2.11 bits per heavy atom. The first-order valence-corrected chi connectivity index (χ1v) is 9.20. The van der Waals surface area contributed by atoms with Gasteiger partial charge in [-0.2, -0.15) is 0 Å². The van der Waals surface area contributed by atoms with Crippen LogP contribution in [0.4, 0.5) is 0 Å². The fourth-order valence-electron chi connectivity index (χ4n) is 1.68. The fraction of sp³-hybridized carbons (Fsp3) is 0.200. The monoisotopic (exact) mass is 292 g/mol. The lowest BCUT2D eigenvalue weighted by Gasteiger charge is -2.25. The molecule has 0 aliphatic carbocycles. The molecule has 0 saturated carbocycles. The highest BCUT2D eigenvalue weighted by molar-refractivity contribution is 7.20. The largest absolute Gasteiger partial charge is 0.541 e. The van der Waals surface area contributed by atoms with Gasteiger partial charge in [0.05, 0.1) is 0 Å². The van der Waals surface area contributed by atoms with E-state index in [0.717, 1.165) is 17.4 Å². The van der Waals surface area contributed by atoms with Crippen molar-refractivity contribution in [2.24, 2.45) is 0 Å². The second kappa shape index (κ2) is 6.75. The lowest BCUT2D eigenvalue weighted by molar-refractivity contribution is 0.267. The van der Waals surface area contributed by atoms with Crippen LogP contribution in [0.15, 0.2) is 60.7 Å². The highest BCUT2D eigenvalue weighted by Gasteiger charge is 2.41. The van der Waals surface area contributed by atoms with E-state index in [1.54, 1.807) is 0 Å². The van der Waals surface area contributed by atoms with E-state index in [1.807, 2.05) is 60.7 Å². The number of hydrogen-bond donors (Lipinski definition) is 0. The molecule has 0 amide bonds. The Hall–Kier alpha value is -1.29. The summed E-state index contributed by atoms with van der Waals surface area (Å²) in [6.45, 7) is 2.65. The van der Waals surface area contributed by atoms with Gasteiger partial charge in [-0.15, -0.1) is 0 Å². The summed E-state index contributed by atoms with van der Waals surface area (Å²) < 4.78 is 11.8. The predicted octanol–water partition coefficient (Wildman–Crippen LogP) is 3.58. The quantitative estimate of drug-likeness (QED) is 0.598. The summed E-state index contributed by atoms with van der Waals surface area (Å²) in [6, 6.07) is 19.3. The first kappa shape index (κ1) is 14.1. The fourth-order valence-corrected chi connectivity index (χ4v) is 4.40. The zero-order valence-electron chi connectivity index (χ0n) is 10.9. The molecule has 0 aromatic heterocycles. The van der Waals surface area contributed by atoms with Crippen LogP contribution in [0.1, 0.15) is 13.3 Å². The number of rotatable bonds is 6. The SMILES string of the molecule is CCCO[Si](Cl)(Oc1ccccc1)c1ccccc1. The first-order chi connectivity index (χ1) is 9.24. The molecule has 2 aromatic rings. The van der Waals surface area contributed by atoms with E-state index in [0.29, 0.717) is 6.61 Å². The van der Waals surface area contributed by atoms with Gasteiger partial charge >= 0.3 is 7.87 Å². The summed E-state index contributed by atoms with van der Waals surface area (Å²) in [5, 5.41) is 0.925. The molecule has 2 nitrogen and oxygen atoms in total. The Bertz CT molecular complexity index is 492. The topological polar surface area (TPSA) is 18.5 Å². The summed E-state index contributed by atoms with van der Waals surface area (Å²) in [5.41, 5.74) is 0. The third kappa shape index (κ3) is 3.83. The van der Waals surface area contributed by atoms with Gasteiger partial charge < -0.3 is 8.85 Å². The first-order valence-electron chi connectivity index (χ1n) is 6.37. The van der Waals surface area contributed by atoms with Crippen molar-refractivity contribution in [2.45, 2.75) is 13.3 Å². The van der Waals surface area contributed by atoms with Crippen molar-refractivity contribution in [1.29, 1.82) is 0 Å². The summed E-state index contributed by atoms with van der Waals surface area (Å²) in [6.07, 6.45) is 0.909. The molecule has 0 radical (unpaired) electrons. The highest BCUT2D eigenvalue weighted by Crippen LogP contribution is 2.19. The lowest BCUT2D eigenvalue weighted by atomic mass is 10.3. The molecule has 1 unspecified atom stereocenters. The van der Waals surface area contributed by atoms with Gasteiger partial charge in [0.15, 0.2) is 0 Å². The standard InChI is InChI=1S/C15H17ClO2Si/c1-2-13-17-19(16,15-11-7-4-8-12-15)18-14-9-5-3-6-10-14/h3-12H,2,13H2,1H3. The Labute approximate surface area is 119 Å². The number of benzene rings is 2. The Morgan fingerprint density at radius 1 is 0.947 bits per heavy atom. The Kier molecular flexibility index (Phi) is 5.02. The van der Waals surface area contributed by atoms with Crippen LogP contribution in [-0.4, -0.2) is 14.5 Å². The van der Waals surface area contributed by atoms with Gasteiger partial charge in [0.25, 0.3) is 0 Å². The maximum absolute atomic E-state index is 6.67. The molecule has 19 heavy (non-hydrogen) atoms.